The summed E-state index contributed by atoms with van der Waals surface area (Å²) in [4.78, 5) is 7.80. The van der Waals surface area contributed by atoms with Gasteiger partial charge in [0.1, 0.15) is 16.5 Å². The molecule has 0 saturated carbocycles. The molecule has 16 heavy (non-hydrogen) atoms. The Hall–Kier alpha value is -0.650. The molecule has 2 rings (SSSR count). The highest BCUT2D eigenvalue weighted by Gasteiger charge is 2.08. The molecular weight excluding hydrogens is 359 g/mol. The van der Waals surface area contributed by atoms with Crippen LogP contribution >= 0.6 is 43.5 Å². The van der Waals surface area contributed by atoms with Crippen molar-refractivity contribution in [2.24, 2.45) is 0 Å². The minimum absolute atomic E-state index is 0.319. The van der Waals surface area contributed by atoms with Gasteiger partial charge in [0, 0.05) is 4.47 Å². The molecule has 1 heterocycles. The molecule has 1 aromatic carbocycles. The zero-order valence-electron chi connectivity index (χ0n) is 7.82. The summed E-state index contributed by atoms with van der Waals surface area (Å²) < 4.78 is 7.03. The standard InChI is InChI=1S/C10H5Br2ClN2O/c11-6-2-1-3-7(4-6)16-10-8(12)9(13)14-5-15-10/h1-5H. The topological polar surface area (TPSA) is 35.0 Å². The first-order chi connectivity index (χ1) is 7.66. The normalized spacial score (nSPS) is 10.2. The summed E-state index contributed by atoms with van der Waals surface area (Å²) in [5.74, 6) is 1.06. The van der Waals surface area contributed by atoms with E-state index in [4.69, 9.17) is 16.3 Å². The quantitative estimate of drug-likeness (QED) is 0.739. The first kappa shape index (κ1) is 11.8. The third-order valence-corrected chi connectivity index (χ3v) is 3.45. The fourth-order valence-corrected chi connectivity index (χ4v) is 1.84. The van der Waals surface area contributed by atoms with Crippen LogP contribution in [0.3, 0.4) is 0 Å². The Labute approximate surface area is 114 Å². The number of ether oxygens (including phenoxy) is 1. The van der Waals surface area contributed by atoms with Crippen molar-refractivity contribution in [3.05, 3.63) is 44.7 Å². The largest absolute Gasteiger partial charge is 0.438 e. The van der Waals surface area contributed by atoms with E-state index < -0.39 is 0 Å². The van der Waals surface area contributed by atoms with Gasteiger partial charge < -0.3 is 4.74 Å². The number of rotatable bonds is 2. The lowest BCUT2D eigenvalue weighted by molar-refractivity contribution is 0.458. The molecule has 0 aliphatic rings. The second kappa shape index (κ2) is 5.12. The highest BCUT2D eigenvalue weighted by atomic mass is 79.9. The summed E-state index contributed by atoms with van der Waals surface area (Å²) in [6.07, 6.45) is 1.35. The number of halogens is 3. The van der Waals surface area contributed by atoms with Crippen molar-refractivity contribution < 1.29 is 4.74 Å². The minimum Gasteiger partial charge on any atom is -0.438 e. The molecule has 82 valence electrons. The van der Waals surface area contributed by atoms with Crippen LogP contribution in [0.1, 0.15) is 0 Å². The van der Waals surface area contributed by atoms with Crippen molar-refractivity contribution in [2.45, 2.75) is 0 Å². The van der Waals surface area contributed by atoms with E-state index in [1.807, 2.05) is 24.3 Å². The first-order valence-electron chi connectivity index (χ1n) is 4.26. The van der Waals surface area contributed by atoms with Crippen LogP contribution in [0, 0.1) is 0 Å². The maximum Gasteiger partial charge on any atom is 0.238 e. The van der Waals surface area contributed by atoms with Crippen LogP contribution in [-0.2, 0) is 0 Å². The van der Waals surface area contributed by atoms with Gasteiger partial charge in [-0.25, -0.2) is 9.97 Å². The fourth-order valence-electron chi connectivity index (χ4n) is 1.05. The van der Waals surface area contributed by atoms with Gasteiger partial charge in [0.25, 0.3) is 0 Å². The second-order valence-electron chi connectivity index (χ2n) is 2.84. The van der Waals surface area contributed by atoms with Crippen molar-refractivity contribution in [2.75, 3.05) is 0 Å². The molecule has 0 aliphatic heterocycles. The molecule has 0 aliphatic carbocycles. The number of aromatic nitrogens is 2. The third kappa shape index (κ3) is 2.72. The average Bonchev–Trinajstić information content (AvgIpc) is 2.25. The Morgan fingerprint density at radius 3 is 2.75 bits per heavy atom. The van der Waals surface area contributed by atoms with Crippen LogP contribution in [0.2, 0.25) is 5.15 Å². The SMILES string of the molecule is Clc1ncnc(Oc2cccc(Br)c2)c1Br. The number of nitrogens with zero attached hydrogens (tertiary/aromatic N) is 2. The van der Waals surface area contributed by atoms with Crippen LogP contribution in [0.5, 0.6) is 11.6 Å². The van der Waals surface area contributed by atoms with Crippen molar-refractivity contribution in [1.29, 1.82) is 0 Å². The molecule has 3 nitrogen and oxygen atoms in total. The smallest absolute Gasteiger partial charge is 0.238 e. The number of hydrogen-bond donors (Lipinski definition) is 0. The lowest BCUT2D eigenvalue weighted by atomic mass is 10.3. The average molecular weight is 364 g/mol. The van der Waals surface area contributed by atoms with Crippen LogP contribution < -0.4 is 4.74 Å². The summed E-state index contributed by atoms with van der Waals surface area (Å²) >= 11 is 12.4. The van der Waals surface area contributed by atoms with Crippen molar-refractivity contribution >= 4 is 43.5 Å². The van der Waals surface area contributed by atoms with Crippen LogP contribution in [0.25, 0.3) is 0 Å². The van der Waals surface area contributed by atoms with E-state index in [1.165, 1.54) is 6.33 Å². The molecule has 6 heteroatoms. The van der Waals surface area contributed by atoms with Crippen molar-refractivity contribution in [1.82, 2.24) is 9.97 Å². The Bertz CT molecular complexity index is 522. The molecule has 0 spiro atoms. The molecule has 0 saturated heterocycles. The molecule has 1 aromatic heterocycles. The van der Waals surface area contributed by atoms with Gasteiger partial charge >= 0.3 is 0 Å². The Morgan fingerprint density at radius 2 is 2.00 bits per heavy atom. The zero-order valence-corrected chi connectivity index (χ0v) is 11.8. The van der Waals surface area contributed by atoms with Gasteiger partial charge in [0.2, 0.25) is 5.88 Å². The Kier molecular flexibility index (Phi) is 3.78. The second-order valence-corrected chi connectivity index (χ2v) is 4.91. The molecule has 0 bridgehead atoms. The summed E-state index contributed by atoms with van der Waals surface area (Å²) in [5.41, 5.74) is 0. The van der Waals surface area contributed by atoms with E-state index in [9.17, 15) is 0 Å². The highest BCUT2D eigenvalue weighted by molar-refractivity contribution is 9.10. The molecule has 0 N–H and O–H groups in total. The fraction of sp³-hybridized carbons (Fsp3) is 0. The van der Waals surface area contributed by atoms with Gasteiger partial charge in [-0.2, -0.15) is 0 Å². The van der Waals surface area contributed by atoms with Gasteiger partial charge in [-0.15, -0.1) is 0 Å². The van der Waals surface area contributed by atoms with Gasteiger partial charge in [0.05, 0.1) is 0 Å². The van der Waals surface area contributed by atoms with E-state index in [-0.39, 0.29) is 0 Å². The molecule has 0 fully saturated rings. The molecule has 0 radical (unpaired) electrons. The predicted octanol–water partition coefficient (Wildman–Crippen LogP) is 4.45. The van der Waals surface area contributed by atoms with Crippen molar-refractivity contribution in [3.63, 3.8) is 0 Å². The maximum atomic E-state index is 5.82. The Morgan fingerprint density at radius 1 is 1.19 bits per heavy atom. The van der Waals surface area contributed by atoms with Gasteiger partial charge in [-0.1, -0.05) is 33.6 Å². The van der Waals surface area contributed by atoms with Gasteiger partial charge in [-0.05, 0) is 34.1 Å². The highest BCUT2D eigenvalue weighted by Crippen LogP contribution is 2.32. The monoisotopic (exact) mass is 362 g/mol. The van der Waals surface area contributed by atoms with Crippen LogP contribution in [-0.4, -0.2) is 9.97 Å². The van der Waals surface area contributed by atoms with E-state index in [0.29, 0.717) is 21.3 Å². The number of hydrogen-bond acceptors (Lipinski definition) is 3. The molecule has 0 unspecified atom stereocenters. The van der Waals surface area contributed by atoms with Gasteiger partial charge in [-0.3, -0.25) is 0 Å². The zero-order chi connectivity index (χ0) is 11.5. The lowest BCUT2D eigenvalue weighted by Crippen LogP contribution is -1.91. The summed E-state index contributed by atoms with van der Waals surface area (Å²) in [5, 5.41) is 0.319. The van der Waals surface area contributed by atoms with E-state index in [2.05, 4.69) is 41.8 Å². The predicted molar refractivity (Wildman–Crippen MR) is 69.0 cm³/mol. The van der Waals surface area contributed by atoms with Crippen LogP contribution in [0.4, 0.5) is 0 Å². The summed E-state index contributed by atoms with van der Waals surface area (Å²) in [7, 11) is 0. The molecule has 2 aromatic rings. The maximum absolute atomic E-state index is 5.82. The summed E-state index contributed by atoms with van der Waals surface area (Å²) in [6.45, 7) is 0. The third-order valence-electron chi connectivity index (χ3n) is 1.73. The van der Waals surface area contributed by atoms with E-state index in [1.54, 1.807) is 0 Å². The van der Waals surface area contributed by atoms with Gasteiger partial charge in [0.15, 0.2) is 5.15 Å². The van der Waals surface area contributed by atoms with Crippen LogP contribution in [0.15, 0.2) is 39.5 Å². The Balaban J connectivity index is 2.31. The van der Waals surface area contributed by atoms with Crippen molar-refractivity contribution in [3.8, 4) is 11.6 Å². The minimum atomic E-state index is 0.319. The van der Waals surface area contributed by atoms with E-state index >= 15 is 0 Å². The molecular formula is C10H5Br2ClN2O. The number of benzene rings is 1. The first-order valence-corrected chi connectivity index (χ1v) is 6.22. The van der Waals surface area contributed by atoms with E-state index in [0.717, 1.165) is 4.47 Å². The summed E-state index contributed by atoms with van der Waals surface area (Å²) in [6, 6.07) is 7.45. The molecule has 0 atom stereocenters. The molecule has 0 amide bonds. The lowest BCUT2D eigenvalue weighted by Gasteiger charge is -2.06.